The number of alkyl halides is 3. The maximum absolute atomic E-state index is 13.1. The molecule has 40 heavy (non-hydrogen) atoms. The van der Waals surface area contributed by atoms with E-state index in [2.05, 4.69) is 14.4 Å². The van der Waals surface area contributed by atoms with E-state index in [4.69, 9.17) is 9.84 Å². The zero-order valence-corrected chi connectivity index (χ0v) is 23.0. The Morgan fingerprint density at radius 1 is 0.975 bits per heavy atom. The molecule has 3 heterocycles. The van der Waals surface area contributed by atoms with Crippen LogP contribution in [0.15, 0.2) is 60.7 Å². The SMILES string of the molecule is Cc1nsc(-c2cc3sc(-c4ccc(CC(=O)O)cc4OC(F)(F)F)cc3s2)c1NC(=O)OCc1ccccc1. The quantitative estimate of drug-likeness (QED) is 0.185. The van der Waals surface area contributed by atoms with Gasteiger partial charge in [0.15, 0.2) is 0 Å². The molecule has 13 heteroatoms. The number of amides is 1. The highest BCUT2D eigenvalue weighted by atomic mass is 32.1. The van der Waals surface area contributed by atoms with E-state index in [9.17, 15) is 22.8 Å². The molecule has 0 spiro atoms. The number of nitrogens with one attached hydrogen (secondary N) is 1. The zero-order chi connectivity index (χ0) is 28.4. The van der Waals surface area contributed by atoms with Crippen LogP contribution >= 0.6 is 34.2 Å². The summed E-state index contributed by atoms with van der Waals surface area (Å²) in [6.45, 7) is 1.89. The van der Waals surface area contributed by atoms with E-state index in [-0.39, 0.29) is 17.7 Å². The number of aromatic nitrogens is 1. The Bertz CT molecular complexity index is 1660. The van der Waals surface area contributed by atoms with Crippen molar-refractivity contribution in [3.05, 3.63) is 77.5 Å². The minimum Gasteiger partial charge on any atom is -0.481 e. The fourth-order valence-electron chi connectivity index (χ4n) is 3.89. The number of aliphatic carboxylic acids is 1. The summed E-state index contributed by atoms with van der Waals surface area (Å²) >= 11 is 3.91. The van der Waals surface area contributed by atoms with Gasteiger partial charge in [0.25, 0.3) is 0 Å². The molecule has 1 amide bonds. The predicted molar refractivity (Wildman–Crippen MR) is 149 cm³/mol. The molecule has 0 fully saturated rings. The number of anilines is 1. The Labute approximate surface area is 237 Å². The molecule has 0 radical (unpaired) electrons. The van der Waals surface area contributed by atoms with E-state index in [1.165, 1.54) is 46.3 Å². The fourth-order valence-corrected chi connectivity index (χ4v) is 7.26. The molecular weight excluding hydrogens is 586 g/mol. The van der Waals surface area contributed by atoms with Crippen molar-refractivity contribution in [2.24, 2.45) is 0 Å². The summed E-state index contributed by atoms with van der Waals surface area (Å²) in [7, 11) is 0. The number of aryl methyl sites for hydroxylation is 1. The van der Waals surface area contributed by atoms with Crippen LogP contribution in [0.5, 0.6) is 5.75 Å². The normalized spacial score (nSPS) is 11.5. The highest BCUT2D eigenvalue weighted by molar-refractivity contribution is 7.32. The van der Waals surface area contributed by atoms with Crippen molar-refractivity contribution in [2.75, 3.05) is 5.32 Å². The summed E-state index contributed by atoms with van der Waals surface area (Å²) < 4.78 is 54.9. The number of ether oxygens (including phenoxy) is 2. The number of fused-ring (bicyclic) bond motifs is 1. The number of benzene rings is 2. The summed E-state index contributed by atoms with van der Waals surface area (Å²) in [5, 5.41) is 11.8. The first-order chi connectivity index (χ1) is 19.1. The Balaban J connectivity index is 1.39. The van der Waals surface area contributed by atoms with Crippen molar-refractivity contribution in [1.29, 1.82) is 0 Å². The summed E-state index contributed by atoms with van der Waals surface area (Å²) in [5.41, 5.74) is 2.42. The average molecular weight is 605 g/mol. The Hall–Kier alpha value is -3.94. The third-order valence-electron chi connectivity index (χ3n) is 5.63. The number of hydrogen-bond donors (Lipinski definition) is 2. The van der Waals surface area contributed by atoms with Gasteiger partial charge in [0.05, 0.1) is 27.6 Å². The molecule has 3 aromatic heterocycles. The number of nitrogens with zero attached hydrogens (tertiary/aromatic N) is 1. The molecule has 0 atom stereocenters. The predicted octanol–water partition coefficient (Wildman–Crippen LogP) is 8.34. The summed E-state index contributed by atoms with van der Waals surface area (Å²) in [5.74, 6) is -1.62. The van der Waals surface area contributed by atoms with Gasteiger partial charge in [0, 0.05) is 19.8 Å². The van der Waals surface area contributed by atoms with Gasteiger partial charge >= 0.3 is 18.4 Å². The maximum Gasteiger partial charge on any atom is 0.573 e. The molecule has 0 unspecified atom stereocenters. The summed E-state index contributed by atoms with van der Waals surface area (Å²) in [4.78, 5) is 25.6. The summed E-state index contributed by atoms with van der Waals surface area (Å²) in [6.07, 6.45) is -5.98. The molecular formula is C27H19F3N2O5S3. The lowest BCUT2D eigenvalue weighted by molar-refractivity contribution is -0.274. The molecule has 7 nitrogen and oxygen atoms in total. The molecule has 0 saturated heterocycles. The lowest BCUT2D eigenvalue weighted by atomic mass is 10.1. The molecule has 5 rings (SSSR count). The molecule has 0 saturated carbocycles. The van der Waals surface area contributed by atoms with Gasteiger partial charge in [-0.2, -0.15) is 4.37 Å². The Morgan fingerprint density at radius 2 is 1.68 bits per heavy atom. The van der Waals surface area contributed by atoms with Crippen LogP contribution in [0.2, 0.25) is 0 Å². The van der Waals surface area contributed by atoms with E-state index in [1.807, 2.05) is 36.4 Å². The topological polar surface area (TPSA) is 97.8 Å². The molecule has 0 aliphatic carbocycles. The van der Waals surface area contributed by atoms with Crippen molar-refractivity contribution < 1.29 is 37.3 Å². The lowest BCUT2D eigenvalue weighted by Crippen LogP contribution is -2.18. The van der Waals surface area contributed by atoms with Gasteiger partial charge in [-0.25, -0.2) is 4.79 Å². The number of carbonyl (C=O) groups excluding carboxylic acids is 1. The van der Waals surface area contributed by atoms with E-state index in [0.717, 1.165) is 30.8 Å². The highest BCUT2D eigenvalue weighted by Gasteiger charge is 2.33. The standard InChI is InChI=1S/C27H19F3N2O5S3/c1-14-24(31-26(35)36-13-15-5-3-2-4-6-15)25(40-32-14)22-12-21-20(39-22)11-19(38-21)17-8-7-16(10-23(33)34)9-18(17)37-27(28,29)30/h2-9,11-12H,10,13H2,1H3,(H,31,35)(H,33,34). The number of hydrogen-bond acceptors (Lipinski definition) is 8. The van der Waals surface area contributed by atoms with Crippen molar-refractivity contribution in [1.82, 2.24) is 4.37 Å². The fraction of sp³-hybridized carbons (Fsp3) is 0.148. The first-order valence-electron chi connectivity index (χ1n) is 11.6. The Morgan fingerprint density at radius 3 is 2.38 bits per heavy atom. The van der Waals surface area contributed by atoms with Crippen molar-refractivity contribution in [3.63, 3.8) is 0 Å². The molecule has 5 aromatic rings. The third kappa shape index (κ3) is 6.43. The van der Waals surface area contributed by atoms with Crippen LogP contribution in [0.25, 0.3) is 29.6 Å². The minimum atomic E-state index is -4.94. The molecule has 206 valence electrons. The van der Waals surface area contributed by atoms with Gasteiger partial charge < -0.3 is 14.6 Å². The first kappa shape index (κ1) is 27.6. The van der Waals surface area contributed by atoms with Gasteiger partial charge in [-0.15, -0.1) is 35.8 Å². The van der Waals surface area contributed by atoms with E-state index in [0.29, 0.717) is 16.3 Å². The number of thiophene rings is 2. The molecule has 0 bridgehead atoms. The van der Waals surface area contributed by atoms with Gasteiger partial charge in [-0.3, -0.25) is 10.1 Å². The lowest BCUT2D eigenvalue weighted by Gasteiger charge is -2.13. The molecule has 0 aliphatic rings. The van der Waals surface area contributed by atoms with Crippen molar-refractivity contribution in [2.45, 2.75) is 26.3 Å². The number of carboxylic acids is 1. The molecule has 2 N–H and O–H groups in total. The smallest absolute Gasteiger partial charge is 0.481 e. The monoisotopic (exact) mass is 604 g/mol. The van der Waals surface area contributed by atoms with Crippen LogP contribution < -0.4 is 10.1 Å². The maximum atomic E-state index is 13.1. The molecule has 0 aliphatic heterocycles. The van der Waals surface area contributed by atoms with Crippen molar-refractivity contribution >= 4 is 61.4 Å². The number of carboxylic acid groups (broad SMARTS) is 1. The van der Waals surface area contributed by atoms with Gasteiger partial charge in [0.1, 0.15) is 12.4 Å². The van der Waals surface area contributed by atoms with Crippen LogP contribution in [-0.4, -0.2) is 27.9 Å². The Kier molecular flexibility index (Phi) is 7.79. The first-order valence-corrected chi connectivity index (χ1v) is 14.0. The van der Waals surface area contributed by atoms with Crippen LogP contribution in [0, 0.1) is 6.92 Å². The largest absolute Gasteiger partial charge is 0.573 e. The van der Waals surface area contributed by atoms with Gasteiger partial charge in [-0.05, 0) is 53.8 Å². The van der Waals surface area contributed by atoms with Crippen LogP contribution in [0.1, 0.15) is 16.8 Å². The van der Waals surface area contributed by atoms with Gasteiger partial charge in [0.2, 0.25) is 0 Å². The van der Waals surface area contributed by atoms with Gasteiger partial charge in [-0.1, -0.05) is 36.4 Å². The van der Waals surface area contributed by atoms with Crippen LogP contribution in [0.4, 0.5) is 23.7 Å². The highest BCUT2D eigenvalue weighted by Crippen LogP contribution is 2.47. The molecule has 2 aromatic carbocycles. The summed E-state index contributed by atoms with van der Waals surface area (Å²) in [6, 6.07) is 17.0. The third-order valence-corrected chi connectivity index (χ3v) is 9.07. The number of rotatable bonds is 8. The number of carbonyl (C=O) groups is 2. The average Bonchev–Trinajstić information content (AvgIpc) is 3.56. The van der Waals surface area contributed by atoms with E-state index < -0.39 is 30.6 Å². The second kappa shape index (κ2) is 11.3. The van der Waals surface area contributed by atoms with E-state index in [1.54, 1.807) is 13.0 Å². The zero-order valence-electron chi connectivity index (χ0n) is 20.6. The van der Waals surface area contributed by atoms with Crippen LogP contribution in [0.3, 0.4) is 0 Å². The number of halogens is 3. The van der Waals surface area contributed by atoms with E-state index >= 15 is 0 Å². The van der Waals surface area contributed by atoms with Crippen molar-refractivity contribution in [3.8, 4) is 25.9 Å². The second-order valence-electron chi connectivity index (χ2n) is 8.56. The van der Waals surface area contributed by atoms with Crippen LogP contribution in [-0.2, 0) is 22.6 Å². The second-order valence-corrected chi connectivity index (χ2v) is 11.5. The minimum absolute atomic E-state index is 0.119.